The Hall–Kier alpha value is -3.07. The van der Waals surface area contributed by atoms with E-state index in [0.29, 0.717) is 25.6 Å². The van der Waals surface area contributed by atoms with Crippen LogP contribution in [-0.2, 0) is 24.3 Å². The summed E-state index contributed by atoms with van der Waals surface area (Å²) >= 11 is 0. The van der Waals surface area contributed by atoms with Crippen LogP contribution < -0.4 is 10.5 Å². The molecule has 0 radical (unpaired) electrons. The second-order valence-corrected chi connectivity index (χ2v) is 7.11. The lowest BCUT2D eigenvalue weighted by molar-refractivity contribution is 0.108. The van der Waals surface area contributed by atoms with Gasteiger partial charge in [-0.05, 0) is 18.9 Å². The first-order valence-corrected chi connectivity index (χ1v) is 9.54. The fourth-order valence-electron chi connectivity index (χ4n) is 3.91. The molecule has 0 aliphatic carbocycles. The van der Waals surface area contributed by atoms with E-state index < -0.39 is 0 Å². The Morgan fingerprint density at radius 1 is 1.25 bits per heavy atom. The third kappa shape index (κ3) is 3.18. The van der Waals surface area contributed by atoms with Gasteiger partial charge >= 0.3 is 0 Å². The maximum Gasteiger partial charge on any atom is 0.267 e. The maximum absolute atomic E-state index is 12.5. The first-order chi connectivity index (χ1) is 13.8. The van der Waals surface area contributed by atoms with Crippen molar-refractivity contribution in [2.45, 2.75) is 38.5 Å². The van der Waals surface area contributed by atoms with Gasteiger partial charge in [-0.3, -0.25) is 9.78 Å². The van der Waals surface area contributed by atoms with Gasteiger partial charge in [-0.2, -0.15) is 10.2 Å². The number of anilines is 1. The fraction of sp³-hybridized carbons (Fsp3) is 0.421. The van der Waals surface area contributed by atoms with Gasteiger partial charge in [-0.15, -0.1) is 0 Å². The smallest absolute Gasteiger partial charge is 0.267 e. The summed E-state index contributed by atoms with van der Waals surface area (Å²) < 4.78 is 8.71. The van der Waals surface area contributed by atoms with Crippen LogP contribution in [0, 0.1) is 0 Å². The third-order valence-corrected chi connectivity index (χ3v) is 5.31. The lowest BCUT2D eigenvalue weighted by Crippen LogP contribution is -2.38. The minimum absolute atomic E-state index is 0.0764. The molecule has 2 aliphatic heterocycles. The number of rotatable bonds is 4. The van der Waals surface area contributed by atoms with E-state index >= 15 is 0 Å². The van der Waals surface area contributed by atoms with E-state index in [2.05, 4.69) is 20.1 Å². The molecule has 1 atom stereocenters. The van der Waals surface area contributed by atoms with Gasteiger partial charge in [-0.25, -0.2) is 14.3 Å². The first-order valence-electron chi connectivity index (χ1n) is 9.54. The zero-order chi connectivity index (χ0) is 18.9. The molecule has 3 aromatic rings. The number of hydrogen-bond acceptors (Lipinski definition) is 7. The normalized spacial score (nSPS) is 19.0. The van der Waals surface area contributed by atoms with Gasteiger partial charge < -0.3 is 9.64 Å². The highest BCUT2D eigenvalue weighted by atomic mass is 16.5. The van der Waals surface area contributed by atoms with Crippen molar-refractivity contribution in [1.82, 2.24) is 29.5 Å². The summed E-state index contributed by atoms with van der Waals surface area (Å²) in [4.78, 5) is 23.8. The molecular formula is C19H21N7O2. The number of ether oxygens (including phenoxy) is 1. The Balaban J connectivity index is 1.41. The number of hydrogen-bond donors (Lipinski definition) is 0. The Bertz CT molecular complexity index is 1030. The van der Waals surface area contributed by atoms with Crippen molar-refractivity contribution >= 4 is 5.82 Å². The van der Waals surface area contributed by atoms with Crippen molar-refractivity contribution in [1.29, 1.82) is 0 Å². The summed E-state index contributed by atoms with van der Waals surface area (Å²) in [5.74, 6) is 1.48. The van der Waals surface area contributed by atoms with E-state index in [9.17, 15) is 4.79 Å². The zero-order valence-electron chi connectivity index (χ0n) is 15.4. The molecule has 1 saturated heterocycles. The summed E-state index contributed by atoms with van der Waals surface area (Å²) in [5.41, 5.74) is 1.80. The molecule has 9 heteroatoms. The molecule has 0 amide bonds. The molecule has 2 aliphatic rings. The molecular weight excluding hydrogens is 358 g/mol. The fourth-order valence-corrected chi connectivity index (χ4v) is 3.91. The summed E-state index contributed by atoms with van der Waals surface area (Å²) in [5, 5.41) is 8.83. The maximum atomic E-state index is 12.5. The van der Waals surface area contributed by atoms with Crippen LogP contribution in [0.25, 0.3) is 5.82 Å². The molecule has 5 rings (SSSR count). The summed E-state index contributed by atoms with van der Waals surface area (Å²) in [7, 11) is 0. The Labute approximate surface area is 161 Å². The molecule has 1 unspecified atom stereocenters. The van der Waals surface area contributed by atoms with E-state index in [-0.39, 0.29) is 11.6 Å². The average Bonchev–Trinajstić information content (AvgIpc) is 3.41. The van der Waals surface area contributed by atoms with Crippen LogP contribution in [0.1, 0.15) is 24.1 Å². The van der Waals surface area contributed by atoms with Gasteiger partial charge in [0.2, 0.25) is 0 Å². The van der Waals surface area contributed by atoms with Crippen molar-refractivity contribution in [2.24, 2.45) is 0 Å². The molecule has 144 valence electrons. The topological polar surface area (TPSA) is 91.0 Å². The van der Waals surface area contributed by atoms with E-state index in [0.717, 1.165) is 42.9 Å². The first kappa shape index (κ1) is 17.1. The van der Waals surface area contributed by atoms with Crippen molar-refractivity contribution in [3.63, 3.8) is 0 Å². The number of aromatic nitrogens is 6. The standard InChI is InChI=1S/C19H21N7O2/c27-19-9-14-13-28-8-4-16(14)23-26(19)12-15-3-1-6-24(15)17-10-20-11-18(22-17)25-7-2-5-21-25/h2,5,7,9-11,15H,1,3-4,6,8,12-13H2. The van der Waals surface area contributed by atoms with Gasteiger partial charge in [0.25, 0.3) is 5.56 Å². The highest BCUT2D eigenvalue weighted by molar-refractivity contribution is 5.41. The van der Waals surface area contributed by atoms with Gasteiger partial charge in [0.15, 0.2) is 5.82 Å². The quantitative estimate of drug-likeness (QED) is 0.667. The second-order valence-electron chi connectivity index (χ2n) is 7.11. The highest BCUT2D eigenvalue weighted by Gasteiger charge is 2.27. The SMILES string of the molecule is O=c1cc2c(nn1CC1CCCN1c1cncc(-n3cccn3)n1)CCOC2. The van der Waals surface area contributed by atoms with Crippen molar-refractivity contribution in [3.8, 4) is 5.82 Å². The minimum atomic E-state index is -0.0764. The highest BCUT2D eigenvalue weighted by Crippen LogP contribution is 2.25. The predicted molar refractivity (Wildman–Crippen MR) is 101 cm³/mol. The number of nitrogens with zero attached hydrogens (tertiary/aromatic N) is 7. The number of fused-ring (bicyclic) bond motifs is 1. The molecule has 0 N–H and O–H groups in total. The van der Waals surface area contributed by atoms with Crippen LogP contribution in [0.2, 0.25) is 0 Å². The molecule has 0 bridgehead atoms. The average molecular weight is 379 g/mol. The van der Waals surface area contributed by atoms with E-state index in [4.69, 9.17) is 9.72 Å². The van der Waals surface area contributed by atoms with Crippen LogP contribution in [0.15, 0.2) is 41.7 Å². The van der Waals surface area contributed by atoms with Gasteiger partial charge in [0, 0.05) is 37.0 Å². The third-order valence-electron chi connectivity index (χ3n) is 5.31. The Morgan fingerprint density at radius 2 is 2.18 bits per heavy atom. The van der Waals surface area contributed by atoms with Gasteiger partial charge in [-0.1, -0.05) is 0 Å². The molecule has 1 fully saturated rings. The van der Waals surface area contributed by atoms with E-state index in [1.165, 1.54) is 0 Å². The lowest BCUT2D eigenvalue weighted by Gasteiger charge is -2.26. The molecule has 28 heavy (non-hydrogen) atoms. The largest absolute Gasteiger partial charge is 0.376 e. The van der Waals surface area contributed by atoms with Gasteiger partial charge in [0.1, 0.15) is 5.82 Å². The van der Waals surface area contributed by atoms with Crippen LogP contribution in [-0.4, -0.2) is 48.7 Å². The summed E-state index contributed by atoms with van der Waals surface area (Å²) in [6.07, 6.45) is 9.81. The van der Waals surface area contributed by atoms with Crippen molar-refractivity contribution in [2.75, 3.05) is 18.1 Å². The molecule has 0 spiro atoms. The van der Waals surface area contributed by atoms with Crippen LogP contribution in [0.5, 0.6) is 0 Å². The van der Waals surface area contributed by atoms with Crippen LogP contribution in [0.4, 0.5) is 5.82 Å². The lowest BCUT2D eigenvalue weighted by atomic mass is 10.1. The van der Waals surface area contributed by atoms with Crippen LogP contribution >= 0.6 is 0 Å². The summed E-state index contributed by atoms with van der Waals surface area (Å²) in [6, 6.07) is 3.68. The van der Waals surface area contributed by atoms with E-state index in [1.807, 2.05) is 12.3 Å². The molecule has 5 heterocycles. The van der Waals surface area contributed by atoms with Crippen LogP contribution in [0.3, 0.4) is 0 Å². The Kier molecular flexibility index (Phi) is 4.36. The van der Waals surface area contributed by atoms with Crippen molar-refractivity contribution in [3.05, 3.63) is 58.5 Å². The van der Waals surface area contributed by atoms with E-state index in [1.54, 1.807) is 34.0 Å². The predicted octanol–water partition coefficient (Wildman–Crippen LogP) is 0.961. The Morgan fingerprint density at radius 3 is 3.07 bits per heavy atom. The molecule has 0 saturated carbocycles. The molecule has 9 nitrogen and oxygen atoms in total. The molecule has 3 aromatic heterocycles. The zero-order valence-corrected chi connectivity index (χ0v) is 15.4. The molecule has 0 aromatic carbocycles. The summed E-state index contributed by atoms with van der Waals surface area (Å²) in [6.45, 7) is 2.56. The van der Waals surface area contributed by atoms with Gasteiger partial charge in [0.05, 0.1) is 43.9 Å². The minimum Gasteiger partial charge on any atom is -0.376 e. The monoisotopic (exact) mass is 379 g/mol. The van der Waals surface area contributed by atoms with Crippen molar-refractivity contribution < 1.29 is 4.74 Å². The second kappa shape index (κ2) is 7.16.